The summed E-state index contributed by atoms with van der Waals surface area (Å²) in [5.74, 6) is 6.72. The molecule has 0 fully saturated rings. The number of rotatable bonds is 5. The second-order valence-electron chi connectivity index (χ2n) is 3.74. The number of aromatic nitrogens is 3. The van der Waals surface area contributed by atoms with Gasteiger partial charge in [0.25, 0.3) is 0 Å². The van der Waals surface area contributed by atoms with E-state index in [1.165, 1.54) is 6.33 Å². The fraction of sp³-hybridized carbons (Fsp3) is 0.250. The van der Waals surface area contributed by atoms with Crippen molar-refractivity contribution in [3.05, 3.63) is 42.1 Å². The van der Waals surface area contributed by atoms with E-state index in [9.17, 15) is 0 Å². The number of ether oxygens (including phenoxy) is 2. The summed E-state index contributed by atoms with van der Waals surface area (Å²) < 4.78 is 10.2. The number of hydrogen-bond acceptors (Lipinski definition) is 7. The number of pyridine rings is 1. The van der Waals surface area contributed by atoms with E-state index in [1.807, 2.05) is 6.07 Å². The van der Waals surface area contributed by atoms with E-state index in [0.29, 0.717) is 17.3 Å². The molecule has 100 valence electrons. The van der Waals surface area contributed by atoms with Crippen molar-refractivity contribution in [2.75, 3.05) is 14.2 Å². The summed E-state index contributed by atoms with van der Waals surface area (Å²) in [6, 6.07) is 3.23. The van der Waals surface area contributed by atoms with E-state index >= 15 is 0 Å². The Bertz CT molecular complexity index is 502. The number of nitrogens with zero attached hydrogens (tertiary/aromatic N) is 3. The zero-order valence-corrected chi connectivity index (χ0v) is 10.7. The van der Waals surface area contributed by atoms with E-state index in [-0.39, 0.29) is 6.04 Å². The maximum absolute atomic E-state index is 5.60. The molecule has 19 heavy (non-hydrogen) atoms. The lowest BCUT2D eigenvalue weighted by molar-refractivity contribution is 0.394. The summed E-state index contributed by atoms with van der Waals surface area (Å²) in [5.41, 5.74) is 4.22. The molecule has 2 rings (SSSR count). The highest BCUT2D eigenvalue weighted by Gasteiger charge is 2.16. The third-order valence-corrected chi connectivity index (χ3v) is 2.64. The molecule has 0 bridgehead atoms. The molecule has 0 aliphatic rings. The van der Waals surface area contributed by atoms with Crippen LogP contribution in [0.4, 0.5) is 0 Å². The van der Waals surface area contributed by atoms with Crippen molar-refractivity contribution < 1.29 is 9.47 Å². The van der Waals surface area contributed by atoms with Gasteiger partial charge in [-0.3, -0.25) is 10.8 Å². The van der Waals surface area contributed by atoms with Crippen LogP contribution >= 0.6 is 0 Å². The van der Waals surface area contributed by atoms with Crippen LogP contribution in [-0.2, 0) is 0 Å². The maximum atomic E-state index is 5.60. The first-order valence-electron chi connectivity index (χ1n) is 5.59. The van der Waals surface area contributed by atoms with E-state index in [0.717, 1.165) is 5.56 Å². The van der Waals surface area contributed by atoms with Crippen LogP contribution in [-0.4, -0.2) is 29.2 Å². The van der Waals surface area contributed by atoms with Gasteiger partial charge in [-0.25, -0.2) is 15.4 Å². The van der Waals surface area contributed by atoms with Gasteiger partial charge < -0.3 is 9.47 Å². The lowest BCUT2D eigenvalue weighted by Gasteiger charge is -2.16. The van der Waals surface area contributed by atoms with E-state index in [4.69, 9.17) is 15.3 Å². The van der Waals surface area contributed by atoms with E-state index in [2.05, 4.69) is 20.4 Å². The van der Waals surface area contributed by atoms with Crippen LogP contribution in [0, 0.1) is 0 Å². The SMILES string of the molecule is COc1cncc(C(NN)c2cc(OC)ncn2)c1. The van der Waals surface area contributed by atoms with Crippen molar-refractivity contribution in [2.24, 2.45) is 5.84 Å². The van der Waals surface area contributed by atoms with Crippen molar-refractivity contribution >= 4 is 0 Å². The van der Waals surface area contributed by atoms with Gasteiger partial charge in [-0.2, -0.15) is 0 Å². The minimum Gasteiger partial charge on any atom is -0.495 e. The number of nitrogens with one attached hydrogen (secondary N) is 1. The van der Waals surface area contributed by atoms with Gasteiger partial charge in [0.15, 0.2) is 0 Å². The van der Waals surface area contributed by atoms with Gasteiger partial charge in [0.1, 0.15) is 12.1 Å². The largest absolute Gasteiger partial charge is 0.495 e. The number of nitrogens with two attached hydrogens (primary N) is 1. The predicted octanol–water partition coefficient (Wildman–Crippen LogP) is 0.441. The van der Waals surface area contributed by atoms with Crippen molar-refractivity contribution in [1.82, 2.24) is 20.4 Å². The molecule has 2 aromatic rings. The van der Waals surface area contributed by atoms with Crippen molar-refractivity contribution in [2.45, 2.75) is 6.04 Å². The van der Waals surface area contributed by atoms with Crippen LogP contribution in [0.15, 0.2) is 30.9 Å². The summed E-state index contributed by atoms with van der Waals surface area (Å²) >= 11 is 0. The molecule has 2 heterocycles. The third-order valence-electron chi connectivity index (χ3n) is 2.64. The van der Waals surface area contributed by atoms with Crippen molar-refractivity contribution in [3.8, 4) is 11.6 Å². The van der Waals surface area contributed by atoms with Gasteiger partial charge in [-0.1, -0.05) is 0 Å². The maximum Gasteiger partial charge on any atom is 0.216 e. The summed E-state index contributed by atoms with van der Waals surface area (Å²) in [7, 11) is 3.13. The third kappa shape index (κ3) is 2.95. The average Bonchev–Trinajstić information content (AvgIpc) is 2.48. The molecule has 0 aromatic carbocycles. The second kappa shape index (κ2) is 6.07. The van der Waals surface area contributed by atoms with Crippen molar-refractivity contribution in [1.29, 1.82) is 0 Å². The molecule has 0 aliphatic carbocycles. The summed E-state index contributed by atoms with van der Waals surface area (Å²) in [6.07, 6.45) is 4.74. The lowest BCUT2D eigenvalue weighted by atomic mass is 10.1. The summed E-state index contributed by atoms with van der Waals surface area (Å²) in [4.78, 5) is 12.2. The molecule has 0 aliphatic heterocycles. The lowest BCUT2D eigenvalue weighted by Crippen LogP contribution is -2.29. The first-order chi connectivity index (χ1) is 9.28. The molecule has 7 heteroatoms. The Hall–Kier alpha value is -2.25. The minimum atomic E-state index is -0.320. The molecule has 2 aromatic heterocycles. The highest BCUT2D eigenvalue weighted by molar-refractivity contribution is 5.32. The molecule has 1 unspecified atom stereocenters. The molecule has 3 N–H and O–H groups in total. The first kappa shape index (κ1) is 13.2. The second-order valence-corrected chi connectivity index (χ2v) is 3.74. The number of methoxy groups -OCH3 is 2. The topological polar surface area (TPSA) is 95.2 Å². The van der Waals surface area contributed by atoms with Gasteiger partial charge in [-0.05, 0) is 11.6 Å². The molecule has 0 amide bonds. The van der Waals surface area contributed by atoms with E-state index < -0.39 is 0 Å². The monoisotopic (exact) mass is 261 g/mol. The smallest absolute Gasteiger partial charge is 0.216 e. The Morgan fingerprint density at radius 3 is 2.68 bits per heavy atom. The quantitative estimate of drug-likeness (QED) is 0.595. The highest BCUT2D eigenvalue weighted by Crippen LogP contribution is 2.23. The Morgan fingerprint density at radius 2 is 2.00 bits per heavy atom. The van der Waals surface area contributed by atoms with Gasteiger partial charge in [0.2, 0.25) is 5.88 Å². The Balaban J connectivity index is 2.37. The molecule has 0 radical (unpaired) electrons. The van der Waals surface area contributed by atoms with Crippen LogP contribution in [0.1, 0.15) is 17.3 Å². The highest BCUT2D eigenvalue weighted by atomic mass is 16.5. The molecule has 0 saturated heterocycles. The van der Waals surface area contributed by atoms with Crippen LogP contribution in [0.5, 0.6) is 11.6 Å². The Labute approximate surface area is 110 Å². The zero-order valence-electron chi connectivity index (χ0n) is 10.7. The summed E-state index contributed by atoms with van der Waals surface area (Å²) in [6.45, 7) is 0. The molecular weight excluding hydrogens is 246 g/mol. The van der Waals surface area contributed by atoms with E-state index in [1.54, 1.807) is 32.7 Å². The van der Waals surface area contributed by atoms with Gasteiger partial charge in [-0.15, -0.1) is 0 Å². The Morgan fingerprint density at radius 1 is 1.16 bits per heavy atom. The van der Waals surface area contributed by atoms with Gasteiger partial charge in [0, 0.05) is 12.3 Å². The van der Waals surface area contributed by atoms with Crippen LogP contribution in [0.25, 0.3) is 0 Å². The Kier molecular flexibility index (Phi) is 4.22. The van der Waals surface area contributed by atoms with Crippen LogP contribution in [0.3, 0.4) is 0 Å². The normalized spacial score (nSPS) is 11.9. The van der Waals surface area contributed by atoms with Crippen LogP contribution < -0.4 is 20.7 Å². The number of hydrazine groups is 1. The van der Waals surface area contributed by atoms with Gasteiger partial charge in [0.05, 0.1) is 32.2 Å². The van der Waals surface area contributed by atoms with Gasteiger partial charge >= 0.3 is 0 Å². The predicted molar refractivity (Wildman–Crippen MR) is 68.5 cm³/mol. The number of hydrogen-bond donors (Lipinski definition) is 2. The molecule has 7 nitrogen and oxygen atoms in total. The molecule has 0 saturated carbocycles. The first-order valence-corrected chi connectivity index (χ1v) is 5.59. The average molecular weight is 261 g/mol. The molecule has 1 atom stereocenters. The summed E-state index contributed by atoms with van der Waals surface area (Å²) in [5, 5.41) is 0. The molecule has 0 spiro atoms. The minimum absolute atomic E-state index is 0.320. The standard InChI is InChI=1S/C12H15N5O2/c1-18-9-3-8(5-14-6-9)12(17-13)10-4-11(19-2)16-7-15-10/h3-7,12,17H,13H2,1-2H3. The van der Waals surface area contributed by atoms with Crippen molar-refractivity contribution in [3.63, 3.8) is 0 Å². The fourth-order valence-corrected chi connectivity index (χ4v) is 1.68. The molecular formula is C12H15N5O2. The van der Waals surface area contributed by atoms with Crippen LogP contribution in [0.2, 0.25) is 0 Å². The fourth-order valence-electron chi connectivity index (χ4n) is 1.68. The zero-order chi connectivity index (χ0) is 13.7.